The van der Waals surface area contributed by atoms with Crippen LogP contribution in [0.25, 0.3) is 0 Å². The van der Waals surface area contributed by atoms with Crippen LogP contribution in [0.4, 0.5) is 4.39 Å². The highest BCUT2D eigenvalue weighted by Crippen LogP contribution is 2.24. The lowest BCUT2D eigenvalue weighted by atomic mass is 10.3. The Kier molecular flexibility index (Phi) is 3.89. The van der Waals surface area contributed by atoms with E-state index in [-0.39, 0.29) is 10.8 Å². The Morgan fingerprint density at radius 1 is 1.50 bits per heavy atom. The van der Waals surface area contributed by atoms with Gasteiger partial charge in [-0.3, -0.25) is 0 Å². The molecule has 66 valence electrons. The van der Waals surface area contributed by atoms with Crippen molar-refractivity contribution in [3.05, 3.63) is 29.0 Å². The molecule has 0 amide bonds. The van der Waals surface area contributed by atoms with Gasteiger partial charge in [0.05, 0.1) is 5.02 Å². The van der Waals surface area contributed by atoms with Crippen molar-refractivity contribution < 1.29 is 4.39 Å². The van der Waals surface area contributed by atoms with Gasteiger partial charge in [-0.15, -0.1) is 11.8 Å². The van der Waals surface area contributed by atoms with E-state index in [1.807, 2.05) is 0 Å². The zero-order valence-electron chi connectivity index (χ0n) is 6.81. The molecule has 3 heteroatoms. The van der Waals surface area contributed by atoms with Crippen LogP contribution in [0, 0.1) is 5.82 Å². The van der Waals surface area contributed by atoms with E-state index in [9.17, 15) is 4.39 Å². The molecule has 12 heavy (non-hydrogen) atoms. The van der Waals surface area contributed by atoms with E-state index in [4.69, 9.17) is 11.6 Å². The molecule has 0 atom stereocenters. The first kappa shape index (κ1) is 9.87. The maximum absolute atomic E-state index is 12.7. The molecule has 0 aliphatic heterocycles. The molecular weight excluding hydrogens is 195 g/mol. The Bertz CT molecular complexity index is 263. The lowest BCUT2D eigenvalue weighted by molar-refractivity contribution is 0.627. The Morgan fingerprint density at radius 3 is 2.83 bits per heavy atom. The first-order valence-electron chi connectivity index (χ1n) is 3.82. The van der Waals surface area contributed by atoms with E-state index in [1.165, 1.54) is 6.07 Å². The van der Waals surface area contributed by atoms with Gasteiger partial charge in [0.1, 0.15) is 5.82 Å². The minimum Gasteiger partial charge on any atom is -0.205 e. The van der Waals surface area contributed by atoms with E-state index >= 15 is 0 Å². The van der Waals surface area contributed by atoms with Crippen molar-refractivity contribution >= 4 is 23.4 Å². The van der Waals surface area contributed by atoms with Crippen LogP contribution in [0.3, 0.4) is 0 Å². The number of hydrogen-bond acceptors (Lipinski definition) is 1. The average Bonchev–Trinajstić information content (AvgIpc) is 2.07. The lowest BCUT2D eigenvalue weighted by Gasteiger charge is -2.00. The van der Waals surface area contributed by atoms with Crippen LogP contribution in [0.1, 0.15) is 13.3 Å². The average molecular weight is 205 g/mol. The van der Waals surface area contributed by atoms with Gasteiger partial charge in [0, 0.05) is 4.90 Å². The van der Waals surface area contributed by atoms with Crippen molar-refractivity contribution in [1.82, 2.24) is 0 Å². The molecule has 0 N–H and O–H groups in total. The third kappa shape index (κ3) is 2.68. The molecule has 0 nitrogen and oxygen atoms in total. The summed E-state index contributed by atoms with van der Waals surface area (Å²) in [6, 6.07) is 4.82. The molecule has 0 spiro atoms. The van der Waals surface area contributed by atoms with Gasteiger partial charge in [-0.2, -0.15) is 0 Å². The molecule has 1 aromatic carbocycles. The van der Waals surface area contributed by atoms with Crippen LogP contribution in [-0.2, 0) is 0 Å². The third-order valence-corrected chi connectivity index (χ3v) is 2.85. The molecule has 1 rings (SSSR count). The maximum atomic E-state index is 12.7. The summed E-state index contributed by atoms with van der Waals surface area (Å²) < 4.78 is 12.7. The smallest absolute Gasteiger partial charge is 0.141 e. The van der Waals surface area contributed by atoms with E-state index < -0.39 is 0 Å². The predicted molar refractivity (Wildman–Crippen MR) is 52.4 cm³/mol. The Labute approximate surface area is 81.1 Å². The fraction of sp³-hybridized carbons (Fsp3) is 0.333. The van der Waals surface area contributed by atoms with Gasteiger partial charge in [0.15, 0.2) is 0 Å². The quantitative estimate of drug-likeness (QED) is 0.672. The fourth-order valence-corrected chi connectivity index (χ4v) is 1.84. The summed E-state index contributed by atoms with van der Waals surface area (Å²) in [5.41, 5.74) is 0. The van der Waals surface area contributed by atoms with Gasteiger partial charge in [-0.05, 0) is 30.4 Å². The first-order chi connectivity index (χ1) is 5.74. The van der Waals surface area contributed by atoms with E-state index in [0.29, 0.717) is 0 Å². The van der Waals surface area contributed by atoms with Crippen molar-refractivity contribution in [2.45, 2.75) is 18.2 Å². The number of benzene rings is 1. The Hall–Kier alpha value is -0.210. The Balaban J connectivity index is 2.69. The molecule has 0 aromatic heterocycles. The van der Waals surface area contributed by atoms with Crippen molar-refractivity contribution in [3.63, 3.8) is 0 Å². The molecule has 0 saturated heterocycles. The van der Waals surface area contributed by atoms with Crippen LogP contribution in [0.2, 0.25) is 5.02 Å². The van der Waals surface area contributed by atoms with Gasteiger partial charge >= 0.3 is 0 Å². The third-order valence-electron chi connectivity index (χ3n) is 1.36. The van der Waals surface area contributed by atoms with Crippen molar-refractivity contribution in [3.8, 4) is 0 Å². The molecule has 0 radical (unpaired) electrons. The maximum Gasteiger partial charge on any atom is 0.141 e. The van der Waals surface area contributed by atoms with Crippen molar-refractivity contribution in [1.29, 1.82) is 0 Å². The van der Waals surface area contributed by atoms with E-state index in [1.54, 1.807) is 23.9 Å². The molecule has 0 heterocycles. The monoisotopic (exact) mass is 204 g/mol. The van der Waals surface area contributed by atoms with Crippen LogP contribution in [0.15, 0.2) is 23.1 Å². The predicted octanol–water partition coefficient (Wildman–Crippen LogP) is 3.98. The molecule has 0 saturated carbocycles. The standard InChI is InChI=1S/C9H10ClFS/c1-2-5-12-7-3-4-9(11)8(10)6-7/h3-4,6H,2,5H2,1H3. The number of halogens is 2. The fourth-order valence-electron chi connectivity index (χ4n) is 0.787. The topological polar surface area (TPSA) is 0 Å². The zero-order valence-corrected chi connectivity index (χ0v) is 8.38. The van der Waals surface area contributed by atoms with Crippen molar-refractivity contribution in [2.24, 2.45) is 0 Å². The highest BCUT2D eigenvalue weighted by molar-refractivity contribution is 7.99. The highest BCUT2D eigenvalue weighted by Gasteiger charge is 1.99. The van der Waals surface area contributed by atoms with Crippen LogP contribution in [-0.4, -0.2) is 5.75 Å². The summed E-state index contributed by atoms with van der Waals surface area (Å²) >= 11 is 7.30. The minimum atomic E-state index is -0.350. The number of hydrogen-bond donors (Lipinski definition) is 0. The second-order valence-corrected chi connectivity index (χ2v) is 4.00. The molecule has 0 aliphatic carbocycles. The summed E-state index contributed by atoms with van der Waals surface area (Å²) in [6.45, 7) is 2.11. The first-order valence-corrected chi connectivity index (χ1v) is 5.18. The SMILES string of the molecule is CCCSc1ccc(F)c(Cl)c1. The number of rotatable bonds is 3. The summed E-state index contributed by atoms with van der Waals surface area (Å²) in [6.07, 6.45) is 1.11. The van der Waals surface area contributed by atoms with Gasteiger partial charge in [0.2, 0.25) is 0 Å². The lowest BCUT2D eigenvalue weighted by Crippen LogP contribution is -1.79. The van der Waals surface area contributed by atoms with Gasteiger partial charge in [-0.1, -0.05) is 18.5 Å². The van der Waals surface area contributed by atoms with Gasteiger partial charge in [-0.25, -0.2) is 4.39 Å². The molecule has 0 aliphatic rings. The normalized spacial score (nSPS) is 10.2. The zero-order chi connectivity index (χ0) is 8.97. The highest BCUT2D eigenvalue weighted by atomic mass is 35.5. The van der Waals surface area contributed by atoms with Crippen LogP contribution in [0.5, 0.6) is 0 Å². The summed E-state index contributed by atoms with van der Waals surface area (Å²) in [4.78, 5) is 1.03. The second kappa shape index (κ2) is 4.73. The largest absolute Gasteiger partial charge is 0.205 e. The molecule has 0 bridgehead atoms. The summed E-state index contributed by atoms with van der Waals surface area (Å²) in [5, 5.41) is 0.205. The van der Waals surface area contributed by atoms with Crippen LogP contribution < -0.4 is 0 Å². The molecule has 0 unspecified atom stereocenters. The minimum absolute atomic E-state index is 0.205. The summed E-state index contributed by atoms with van der Waals surface area (Å²) in [7, 11) is 0. The second-order valence-electron chi connectivity index (χ2n) is 2.42. The van der Waals surface area contributed by atoms with Gasteiger partial charge < -0.3 is 0 Å². The van der Waals surface area contributed by atoms with Gasteiger partial charge in [0.25, 0.3) is 0 Å². The van der Waals surface area contributed by atoms with Crippen molar-refractivity contribution in [2.75, 3.05) is 5.75 Å². The van der Waals surface area contributed by atoms with E-state index in [0.717, 1.165) is 17.1 Å². The number of thioether (sulfide) groups is 1. The summed E-state index contributed by atoms with van der Waals surface area (Å²) in [5.74, 6) is 0.694. The van der Waals surface area contributed by atoms with E-state index in [2.05, 4.69) is 6.92 Å². The molecule has 1 aromatic rings. The Morgan fingerprint density at radius 2 is 2.25 bits per heavy atom. The van der Waals surface area contributed by atoms with Crippen LogP contribution >= 0.6 is 23.4 Å². The molecule has 0 fully saturated rings. The molecular formula is C9H10ClFS.